The molecular weight excluding hydrogens is 442 g/mol. The molecule has 2 amide bonds. The van der Waals surface area contributed by atoms with Gasteiger partial charge in [0.15, 0.2) is 0 Å². The summed E-state index contributed by atoms with van der Waals surface area (Å²) in [7, 11) is 0. The van der Waals surface area contributed by atoms with Gasteiger partial charge in [-0.1, -0.05) is 56.3 Å². The molecular formula is C24H28F2N6O2. The maximum absolute atomic E-state index is 14.8. The molecule has 1 saturated heterocycles. The molecule has 0 bridgehead atoms. The summed E-state index contributed by atoms with van der Waals surface area (Å²) in [6.07, 6.45) is -1.52. The number of rotatable bonds is 7. The summed E-state index contributed by atoms with van der Waals surface area (Å²) in [5, 5.41) is 6.79. The van der Waals surface area contributed by atoms with Gasteiger partial charge in [-0.3, -0.25) is 15.0 Å². The second-order valence-corrected chi connectivity index (χ2v) is 8.78. The van der Waals surface area contributed by atoms with Crippen LogP contribution in [0.2, 0.25) is 0 Å². The van der Waals surface area contributed by atoms with Gasteiger partial charge in [0.05, 0.1) is 19.0 Å². The molecule has 8 nitrogen and oxygen atoms in total. The molecule has 10 heteroatoms. The lowest BCUT2D eigenvalue weighted by Crippen LogP contribution is -2.48. The van der Waals surface area contributed by atoms with Crippen molar-refractivity contribution in [3.8, 4) is 0 Å². The van der Waals surface area contributed by atoms with E-state index in [1.807, 2.05) is 44.2 Å². The second-order valence-electron chi connectivity index (χ2n) is 8.78. The number of hydrogen-bond donors (Lipinski definition) is 4. The number of carbonyl (C=O) groups excluding carboxylic acids is 2. The van der Waals surface area contributed by atoms with Gasteiger partial charge in [-0.25, -0.2) is 14.3 Å². The molecule has 4 rings (SSSR count). The van der Waals surface area contributed by atoms with E-state index in [4.69, 9.17) is 0 Å². The summed E-state index contributed by atoms with van der Waals surface area (Å²) in [5.74, 6) is -0.901. The van der Waals surface area contributed by atoms with Crippen molar-refractivity contribution in [2.24, 2.45) is 5.10 Å². The number of hydrogen-bond acceptors (Lipinski definition) is 6. The van der Waals surface area contributed by atoms with E-state index in [-0.39, 0.29) is 31.1 Å². The monoisotopic (exact) mass is 470 g/mol. The first kappa shape index (κ1) is 23.6. The maximum atomic E-state index is 14.8. The van der Waals surface area contributed by atoms with Gasteiger partial charge in [-0.15, -0.1) is 10.6 Å². The zero-order chi connectivity index (χ0) is 24.2. The predicted molar refractivity (Wildman–Crippen MR) is 123 cm³/mol. The summed E-state index contributed by atoms with van der Waals surface area (Å²) in [6, 6.07) is 12.5. The lowest BCUT2D eigenvalue weighted by atomic mass is 9.94. The fourth-order valence-electron chi connectivity index (χ4n) is 4.30. The molecule has 0 unspecified atom stereocenters. The van der Waals surface area contributed by atoms with Crippen molar-refractivity contribution in [1.29, 1.82) is 0 Å². The van der Waals surface area contributed by atoms with Gasteiger partial charge >= 0.3 is 0 Å². The van der Waals surface area contributed by atoms with Crippen LogP contribution < -0.4 is 21.8 Å². The number of halogens is 2. The van der Waals surface area contributed by atoms with E-state index in [2.05, 4.69) is 26.9 Å². The Kier molecular flexibility index (Phi) is 7.06. The maximum Gasteiger partial charge on any atom is 0.243 e. The van der Waals surface area contributed by atoms with Crippen molar-refractivity contribution in [1.82, 2.24) is 26.7 Å². The smallest absolute Gasteiger partial charge is 0.243 e. The van der Waals surface area contributed by atoms with E-state index in [0.717, 1.165) is 5.56 Å². The lowest BCUT2D eigenvalue weighted by molar-refractivity contribution is -0.137. The minimum Gasteiger partial charge on any atom is -0.343 e. The molecule has 2 heterocycles. The molecule has 2 aromatic rings. The Labute approximate surface area is 196 Å². The topological polar surface area (TPSA) is 97.9 Å². The van der Waals surface area contributed by atoms with Crippen LogP contribution in [0.15, 0.2) is 53.6 Å². The molecule has 0 radical (unpaired) electrons. The highest BCUT2D eigenvalue weighted by Crippen LogP contribution is 2.28. The van der Waals surface area contributed by atoms with Crippen LogP contribution in [-0.4, -0.2) is 41.3 Å². The van der Waals surface area contributed by atoms with Gasteiger partial charge in [0.2, 0.25) is 11.8 Å². The lowest BCUT2D eigenvalue weighted by Gasteiger charge is -2.27. The SMILES string of the molecule is CC(C)c1ccc([C@H](NC(=O)[C@@H]2C[C@@H](F)CN2C(=O)CC2=NNNN2)c2ccccc2)cc1F. The molecule has 180 valence electrons. The number of hydrazine groups is 2. The number of nitrogens with zero attached hydrogens (tertiary/aromatic N) is 2. The number of likely N-dealkylation sites (tertiary alicyclic amines) is 1. The first-order chi connectivity index (χ1) is 16.3. The number of hydrazone groups is 1. The molecule has 1 fully saturated rings. The Morgan fingerprint density at radius 1 is 1.18 bits per heavy atom. The van der Waals surface area contributed by atoms with Crippen molar-refractivity contribution < 1.29 is 18.4 Å². The van der Waals surface area contributed by atoms with Crippen LogP contribution in [0.25, 0.3) is 0 Å². The van der Waals surface area contributed by atoms with Crippen LogP contribution in [0.4, 0.5) is 8.78 Å². The third-order valence-corrected chi connectivity index (χ3v) is 6.04. The summed E-state index contributed by atoms with van der Waals surface area (Å²) in [4.78, 5) is 27.4. The van der Waals surface area contributed by atoms with E-state index >= 15 is 0 Å². The van der Waals surface area contributed by atoms with Crippen molar-refractivity contribution in [3.63, 3.8) is 0 Å². The van der Waals surface area contributed by atoms with Gasteiger partial charge in [-0.05, 0) is 28.7 Å². The first-order valence-corrected chi connectivity index (χ1v) is 11.2. The van der Waals surface area contributed by atoms with Crippen LogP contribution in [0.1, 0.15) is 55.3 Å². The van der Waals surface area contributed by atoms with Crippen molar-refractivity contribution in [2.75, 3.05) is 6.54 Å². The highest BCUT2D eigenvalue weighted by atomic mass is 19.1. The van der Waals surface area contributed by atoms with Gasteiger partial charge in [0.1, 0.15) is 23.9 Å². The third-order valence-electron chi connectivity index (χ3n) is 6.04. The van der Waals surface area contributed by atoms with Crippen molar-refractivity contribution >= 4 is 17.6 Å². The molecule has 2 aromatic carbocycles. The van der Waals surface area contributed by atoms with Gasteiger partial charge in [-0.2, -0.15) is 0 Å². The van der Waals surface area contributed by atoms with E-state index in [1.165, 1.54) is 11.0 Å². The number of amidine groups is 1. The minimum atomic E-state index is -1.31. The number of alkyl halides is 1. The summed E-state index contributed by atoms with van der Waals surface area (Å²) in [6.45, 7) is 3.65. The Bertz CT molecular complexity index is 1080. The molecule has 0 saturated carbocycles. The molecule has 34 heavy (non-hydrogen) atoms. The van der Waals surface area contributed by atoms with E-state index in [1.54, 1.807) is 12.1 Å². The van der Waals surface area contributed by atoms with Gasteiger partial charge in [0.25, 0.3) is 0 Å². The van der Waals surface area contributed by atoms with Gasteiger partial charge < -0.3 is 10.2 Å². The Morgan fingerprint density at radius 3 is 2.59 bits per heavy atom. The Hall–Kier alpha value is -3.53. The number of benzene rings is 2. The molecule has 0 aliphatic carbocycles. The normalized spacial score (nSPS) is 20.5. The largest absolute Gasteiger partial charge is 0.343 e. The molecule has 2 aliphatic rings. The van der Waals surface area contributed by atoms with Gasteiger partial charge in [0, 0.05) is 6.42 Å². The Morgan fingerprint density at radius 2 is 1.94 bits per heavy atom. The number of nitrogens with one attached hydrogen (secondary N) is 4. The first-order valence-electron chi connectivity index (χ1n) is 11.2. The van der Waals surface area contributed by atoms with Crippen LogP contribution in [0, 0.1) is 5.82 Å². The molecule has 2 aliphatic heterocycles. The summed E-state index contributed by atoms with van der Waals surface area (Å²) < 4.78 is 29.1. The van der Waals surface area contributed by atoms with E-state index in [9.17, 15) is 18.4 Å². The van der Waals surface area contributed by atoms with Crippen LogP contribution in [0.3, 0.4) is 0 Å². The summed E-state index contributed by atoms with van der Waals surface area (Å²) >= 11 is 0. The fourth-order valence-corrected chi connectivity index (χ4v) is 4.30. The summed E-state index contributed by atoms with van der Waals surface area (Å²) in [5.41, 5.74) is 9.56. The van der Waals surface area contributed by atoms with Crippen molar-refractivity contribution in [2.45, 2.75) is 50.9 Å². The zero-order valence-corrected chi connectivity index (χ0v) is 19.0. The van der Waals surface area contributed by atoms with Crippen LogP contribution in [-0.2, 0) is 9.59 Å². The standard InChI is InChI=1S/C24H28F2N6O2/c1-14(2)18-9-8-16(10-19(18)26)23(15-6-4-3-5-7-15)27-24(34)20-11-17(25)13-32(20)22(33)12-21-28-30-31-29-21/h3-10,14,17,20,23,30-31H,11-13H2,1-2H3,(H,27,34)(H,28,29)/t17-,20+,23-/m1/s1. The highest BCUT2D eigenvalue weighted by Gasteiger charge is 2.40. The highest BCUT2D eigenvalue weighted by molar-refractivity contribution is 6.01. The van der Waals surface area contributed by atoms with Crippen LogP contribution in [0.5, 0.6) is 0 Å². The zero-order valence-electron chi connectivity index (χ0n) is 19.0. The van der Waals surface area contributed by atoms with E-state index < -0.39 is 30.1 Å². The molecule has 0 spiro atoms. The molecule has 4 N–H and O–H groups in total. The molecule has 0 aromatic heterocycles. The van der Waals surface area contributed by atoms with Crippen molar-refractivity contribution in [3.05, 3.63) is 71.0 Å². The number of amides is 2. The minimum absolute atomic E-state index is 0.0164. The van der Waals surface area contributed by atoms with E-state index in [0.29, 0.717) is 17.0 Å². The molecule has 3 atom stereocenters. The second kappa shape index (κ2) is 10.2. The fraction of sp³-hybridized carbons (Fsp3) is 0.375. The van der Waals surface area contributed by atoms with Crippen LogP contribution >= 0.6 is 0 Å². The average molecular weight is 471 g/mol. The number of carbonyl (C=O) groups is 2. The Balaban J connectivity index is 1.57. The average Bonchev–Trinajstić information content (AvgIpc) is 3.47. The predicted octanol–water partition coefficient (Wildman–Crippen LogP) is 2.41. The third kappa shape index (κ3) is 5.17. The quantitative estimate of drug-likeness (QED) is 0.498.